The highest BCUT2D eigenvalue weighted by Gasteiger charge is 2.72. The van der Waals surface area contributed by atoms with E-state index in [4.69, 9.17) is 14.2 Å². The van der Waals surface area contributed by atoms with Crippen molar-refractivity contribution in [1.29, 1.82) is 0 Å². The van der Waals surface area contributed by atoms with Crippen molar-refractivity contribution in [3.05, 3.63) is 48.0 Å². The molecule has 3 fully saturated rings. The van der Waals surface area contributed by atoms with Gasteiger partial charge < -0.3 is 19.1 Å². The first-order valence-corrected chi connectivity index (χ1v) is 14.5. The molecule has 0 N–H and O–H groups in total. The molecule has 3 aliphatic heterocycles. The quantitative estimate of drug-likeness (QED) is 0.479. The highest BCUT2D eigenvalue weighted by atomic mass is 16.5. The summed E-state index contributed by atoms with van der Waals surface area (Å²) in [5, 5.41) is 0. The van der Waals surface area contributed by atoms with Crippen molar-refractivity contribution in [2.45, 2.75) is 76.0 Å². The van der Waals surface area contributed by atoms with Crippen LogP contribution in [0, 0.1) is 17.3 Å². The minimum absolute atomic E-state index is 0.167. The van der Waals surface area contributed by atoms with Crippen LogP contribution in [0.25, 0.3) is 0 Å². The summed E-state index contributed by atoms with van der Waals surface area (Å²) in [4.78, 5) is 31.3. The van der Waals surface area contributed by atoms with E-state index in [1.54, 1.807) is 7.11 Å². The summed E-state index contributed by atoms with van der Waals surface area (Å²) in [6.45, 7) is 2.89. The third-order valence-corrected chi connectivity index (χ3v) is 9.66. The Balaban J connectivity index is 1.58. The van der Waals surface area contributed by atoms with Crippen LogP contribution in [0.3, 0.4) is 0 Å². The zero-order valence-corrected chi connectivity index (χ0v) is 23.1. The fourth-order valence-corrected chi connectivity index (χ4v) is 8.36. The van der Waals surface area contributed by atoms with Gasteiger partial charge in [-0.05, 0) is 68.8 Å². The van der Waals surface area contributed by atoms with Gasteiger partial charge in [-0.2, -0.15) is 0 Å². The largest absolute Gasteiger partial charge is 0.453 e. The summed E-state index contributed by atoms with van der Waals surface area (Å²) in [5.74, 6) is 0.826. The van der Waals surface area contributed by atoms with Gasteiger partial charge in [0.15, 0.2) is 0 Å². The summed E-state index contributed by atoms with van der Waals surface area (Å²) in [5.41, 5.74) is 0.271. The molecular formula is C31H44N2O5. The molecule has 1 aliphatic carbocycles. The van der Waals surface area contributed by atoms with Crippen molar-refractivity contribution >= 4 is 12.0 Å². The Kier molecular flexibility index (Phi) is 8.44. The van der Waals surface area contributed by atoms with Crippen molar-refractivity contribution in [1.82, 2.24) is 9.80 Å². The van der Waals surface area contributed by atoms with Crippen LogP contribution in [-0.2, 0) is 25.6 Å². The number of amides is 2. The van der Waals surface area contributed by atoms with Crippen LogP contribution in [0.2, 0.25) is 0 Å². The van der Waals surface area contributed by atoms with E-state index in [2.05, 4.69) is 29.2 Å². The maximum Gasteiger partial charge on any atom is 0.410 e. The van der Waals surface area contributed by atoms with Gasteiger partial charge in [-0.3, -0.25) is 9.69 Å². The number of likely N-dealkylation sites (tertiary alicyclic amines) is 1. The van der Waals surface area contributed by atoms with Crippen LogP contribution >= 0.6 is 0 Å². The fraction of sp³-hybridized carbons (Fsp3) is 0.677. The third-order valence-electron chi connectivity index (χ3n) is 9.66. The zero-order valence-electron chi connectivity index (χ0n) is 23.1. The van der Waals surface area contributed by atoms with Gasteiger partial charge in [-0.15, -0.1) is 0 Å². The molecule has 1 aromatic carbocycles. The number of carbonyl (C=O) groups excluding carboxylic acids is 2. The van der Waals surface area contributed by atoms with E-state index in [0.29, 0.717) is 38.7 Å². The Morgan fingerprint density at radius 3 is 2.61 bits per heavy atom. The number of piperidine rings is 1. The number of nitrogens with zero attached hydrogens (tertiary/aromatic N) is 2. The number of ether oxygens (including phenoxy) is 3. The van der Waals surface area contributed by atoms with Gasteiger partial charge in [0, 0.05) is 32.0 Å². The van der Waals surface area contributed by atoms with E-state index in [9.17, 15) is 9.59 Å². The molecule has 2 amide bonds. The summed E-state index contributed by atoms with van der Waals surface area (Å²) in [6.07, 6.45) is 12.6. The maximum absolute atomic E-state index is 13.9. The first-order chi connectivity index (χ1) is 18.6. The Morgan fingerprint density at radius 1 is 1.05 bits per heavy atom. The number of allylic oxidation sites excluding steroid dienone is 2. The van der Waals surface area contributed by atoms with Crippen LogP contribution in [0.4, 0.5) is 4.79 Å². The minimum atomic E-state index is -0.606. The molecular weight excluding hydrogens is 480 g/mol. The molecule has 0 aromatic heterocycles. The number of hydrogen-bond acceptors (Lipinski definition) is 5. The summed E-state index contributed by atoms with van der Waals surface area (Å²) >= 11 is 0. The normalized spacial score (nSPS) is 34.2. The van der Waals surface area contributed by atoms with Gasteiger partial charge in [-0.25, -0.2) is 4.79 Å². The second-order valence-electron chi connectivity index (χ2n) is 11.8. The molecule has 0 spiro atoms. The first kappa shape index (κ1) is 27.2. The Labute approximate surface area is 227 Å². The Bertz CT molecular complexity index is 999. The molecule has 3 heterocycles. The van der Waals surface area contributed by atoms with Crippen LogP contribution in [0.5, 0.6) is 0 Å². The van der Waals surface area contributed by atoms with Gasteiger partial charge in [0.25, 0.3) is 0 Å². The standard InChI is InChI=1S/C31H44N2O5/c1-36-23-31-26-16-18-32-27(34)15-11-6-4-3-5-7-12-17-30(28(31)32,19-25(26)20-33(31)29(35)37-2)22-38-21-24-13-9-8-10-14-24/h3,5,8-10,13-14,25-26,28H,4,6-7,11-12,15-23H2,1-2H3/b5-3+/t25-,26+,28-,30+,31-/m0/s1. The topological polar surface area (TPSA) is 68.3 Å². The molecule has 1 saturated carbocycles. The number of methoxy groups -OCH3 is 2. The van der Waals surface area contributed by atoms with Crippen molar-refractivity contribution in [2.24, 2.45) is 17.3 Å². The van der Waals surface area contributed by atoms with Crippen molar-refractivity contribution in [3.8, 4) is 0 Å². The lowest BCUT2D eigenvalue weighted by Crippen LogP contribution is -2.76. The van der Waals surface area contributed by atoms with Crippen LogP contribution in [0.1, 0.15) is 63.4 Å². The van der Waals surface area contributed by atoms with E-state index in [-0.39, 0.29) is 29.4 Å². The number of benzene rings is 1. The van der Waals surface area contributed by atoms with Gasteiger partial charge in [-0.1, -0.05) is 42.5 Å². The van der Waals surface area contributed by atoms with E-state index in [1.165, 1.54) is 7.11 Å². The molecule has 208 valence electrons. The molecule has 5 rings (SSSR count). The lowest BCUT2D eigenvalue weighted by Gasteiger charge is -2.63. The monoisotopic (exact) mass is 524 g/mol. The molecule has 4 aliphatic rings. The van der Waals surface area contributed by atoms with E-state index < -0.39 is 5.54 Å². The van der Waals surface area contributed by atoms with Crippen LogP contribution in [0.15, 0.2) is 42.5 Å². The van der Waals surface area contributed by atoms with Crippen molar-refractivity contribution in [2.75, 3.05) is 40.5 Å². The summed E-state index contributed by atoms with van der Waals surface area (Å²) in [6, 6.07) is 10.1. The maximum atomic E-state index is 13.9. The average Bonchev–Trinajstić information content (AvgIpc) is 3.17. The number of carbonyl (C=O) groups is 2. The second-order valence-corrected chi connectivity index (χ2v) is 11.8. The SMILES string of the molecule is COC[C@@]12[C@@H]3CCN4C(=O)CCCC/C=C/CCC[C@](COCc5ccccc5)(C[C@H]3CN1C(=O)OC)[C@H]42. The van der Waals surface area contributed by atoms with E-state index >= 15 is 0 Å². The smallest absolute Gasteiger partial charge is 0.410 e. The molecule has 0 unspecified atom stereocenters. The average molecular weight is 525 g/mol. The lowest BCUT2D eigenvalue weighted by atomic mass is 9.52. The van der Waals surface area contributed by atoms with Gasteiger partial charge in [0.1, 0.15) is 0 Å². The molecule has 0 radical (unpaired) electrons. The molecule has 4 bridgehead atoms. The Morgan fingerprint density at radius 2 is 1.84 bits per heavy atom. The highest BCUT2D eigenvalue weighted by Crippen LogP contribution is 2.62. The third kappa shape index (κ3) is 4.88. The van der Waals surface area contributed by atoms with Crippen LogP contribution < -0.4 is 0 Å². The predicted molar refractivity (Wildman–Crippen MR) is 145 cm³/mol. The van der Waals surface area contributed by atoms with Gasteiger partial charge >= 0.3 is 6.09 Å². The first-order valence-electron chi connectivity index (χ1n) is 14.5. The molecule has 38 heavy (non-hydrogen) atoms. The van der Waals surface area contributed by atoms with Crippen molar-refractivity contribution < 1.29 is 23.8 Å². The molecule has 2 saturated heterocycles. The zero-order chi connectivity index (χ0) is 26.6. The number of hydrogen-bond donors (Lipinski definition) is 0. The predicted octanol–water partition coefficient (Wildman–Crippen LogP) is 5.19. The summed E-state index contributed by atoms with van der Waals surface area (Å²) in [7, 11) is 3.18. The lowest BCUT2D eigenvalue weighted by molar-refractivity contribution is -0.181. The van der Waals surface area contributed by atoms with E-state index in [1.807, 2.05) is 23.1 Å². The minimum Gasteiger partial charge on any atom is -0.453 e. The van der Waals surface area contributed by atoms with Crippen LogP contribution in [-0.4, -0.2) is 73.9 Å². The second kappa shape index (κ2) is 11.8. The Hall–Kier alpha value is -2.38. The molecule has 7 heteroatoms. The molecule has 7 nitrogen and oxygen atoms in total. The molecule has 1 aromatic rings. The number of rotatable bonds is 6. The van der Waals surface area contributed by atoms with Crippen molar-refractivity contribution in [3.63, 3.8) is 0 Å². The van der Waals surface area contributed by atoms with E-state index in [0.717, 1.165) is 63.5 Å². The molecule has 5 atom stereocenters. The fourth-order valence-electron chi connectivity index (χ4n) is 8.36. The summed E-state index contributed by atoms with van der Waals surface area (Å²) < 4.78 is 17.8. The van der Waals surface area contributed by atoms with Gasteiger partial charge in [0.2, 0.25) is 5.91 Å². The highest BCUT2D eigenvalue weighted by molar-refractivity contribution is 5.78. The van der Waals surface area contributed by atoms with Gasteiger partial charge in [0.05, 0.1) is 38.5 Å².